The van der Waals surface area contributed by atoms with Crippen LogP contribution in [-0.2, 0) is 0 Å². The molecule has 2 aromatic heterocycles. The highest BCUT2D eigenvalue weighted by molar-refractivity contribution is 9.10. The Balaban J connectivity index is 2.60. The van der Waals surface area contributed by atoms with Gasteiger partial charge in [-0.1, -0.05) is 0 Å². The number of pyridine rings is 1. The zero-order chi connectivity index (χ0) is 11.7. The number of thioether (sulfide) groups is 1. The van der Waals surface area contributed by atoms with Crippen LogP contribution < -0.4 is 0 Å². The molecule has 0 saturated carbocycles. The second-order valence-electron chi connectivity index (χ2n) is 3.63. The topological polar surface area (TPSA) is 33.6 Å². The maximum atomic E-state index is 5.33. The number of imidazole rings is 1. The van der Waals surface area contributed by atoms with Crippen molar-refractivity contribution in [3.05, 3.63) is 21.5 Å². The summed E-state index contributed by atoms with van der Waals surface area (Å²) in [5, 5.41) is 0. The number of rotatable bonds is 3. The van der Waals surface area contributed by atoms with Crippen LogP contribution in [0.5, 0.6) is 0 Å². The average molecular weight is 318 g/mol. The van der Waals surface area contributed by atoms with Gasteiger partial charge in [0.05, 0.1) is 5.52 Å². The van der Waals surface area contributed by atoms with Crippen LogP contribution in [0.4, 0.5) is 0 Å². The lowest BCUT2D eigenvalue weighted by Crippen LogP contribution is -2.08. The minimum atomic E-state index is 0.352. The van der Waals surface area contributed by atoms with Crippen LogP contribution in [0.15, 0.2) is 16.7 Å². The van der Waals surface area contributed by atoms with Gasteiger partial charge in [0.15, 0.2) is 10.4 Å². The number of aromatic nitrogens is 3. The van der Waals surface area contributed by atoms with Crippen LogP contribution in [0.2, 0.25) is 0 Å². The van der Waals surface area contributed by atoms with Gasteiger partial charge in [0, 0.05) is 22.5 Å². The van der Waals surface area contributed by atoms with Crippen molar-refractivity contribution in [2.75, 3.05) is 12.0 Å². The normalized spacial score (nSPS) is 13.2. The number of aromatic amines is 1. The van der Waals surface area contributed by atoms with Crippen molar-refractivity contribution in [1.29, 1.82) is 0 Å². The molecule has 6 heteroatoms. The van der Waals surface area contributed by atoms with Gasteiger partial charge < -0.3 is 4.98 Å². The van der Waals surface area contributed by atoms with Gasteiger partial charge in [-0.2, -0.15) is 11.8 Å². The van der Waals surface area contributed by atoms with E-state index in [1.807, 2.05) is 17.8 Å². The molecule has 0 saturated heterocycles. The van der Waals surface area contributed by atoms with Crippen LogP contribution in [0, 0.1) is 4.77 Å². The van der Waals surface area contributed by atoms with E-state index in [2.05, 4.69) is 43.6 Å². The zero-order valence-corrected chi connectivity index (χ0v) is 12.2. The van der Waals surface area contributed by atoms with Crippen molar-refractivity contribution >= 4 is 51.1 Å². The first kappa shape index (κ1) is 12.1. The van der Waals surface area contributed by atoms with E-state index in [0.29, 0.717) is 6.04 Å². The summed E-state index contributed by atoms with van der Waals surface area (Å²) >= 11 is 10.5. The zero-order valence-electron chi connectivity index (χ0n) is 9.03. The van der Waals surface area contributed by atoms with Crippen LogP contribution >= 0.6 is 39.9 Å². The Morgan fingerprint density at radius 3 is 3.12 bits per heavy atom. The summed E-state index contributed by atoms with van der Waals surface area (Å²) in [7, 11) is 0. The van der Waals surface area contributed by atoms with Gasteiger partial charge in [0.2, 0.25) is 0 Å². The van der Waals surface area contributed by atoms with E-state index >= 15 is 0 Å². The van der Waals surface area contributed by atoms with Crippen LogP contribution in [0.3, 0.4) is 0 Å². The molecule has 0 aromatic carbocycles. The Morgan fingerprint density at radius 1 is 1.69 bits per heavy atom. The standard InChI is InChI=1S/C10H12BrN3S2/c1-6(5-16-2)14-9-8(13-10(14)15)3-7(11)4-12-9/h3-4,6H,5H2,1-2H3,(H,13,15). The van der Waals surface area contributed by atoms with Crippen molar-refractivity contribution < 1.29 is 0 Å². The van der Waals surface area contributed by atoms with Gasteiger partial charge in [-0.15, -0.1) is 0 Å². The minimum Gasteiger partial charge on any atom is -0.329 e. The predicted octanol–water partition coefficient (Wildman–Crippen LogP) is 3.78. The molecule has 0 amide bonds. The molecule has 0 bridgehead atoms. The molecule has 86 valence electrons. The number of H-pyrrole nitrogens is 1. The molecule has 0 fully saturated rings. The monoisotopic (exact) mass is 317 g/mol. The largest absolute Gasteiger partial charge is 0.329 e. The van der Waals surface area contributed by atoms with Gasteiger partial charge in [0.1, 0.15) is 0 Å². The molecule has 0 aliphatic rings. The van der Waals surface area contributed by atoms with E-state index in [4.69, 9.17) is 12.2 Å². The first-order chi connectivity index (χ1) is 7.63. The smallest absolute Gasteiger partial charge is 0.179 e. The Hall–Kier alpha value is -0.330. The van der Waals surface area contributed by atoms with Gasteiger partial charge in [0.25, 0.3) is 0 Å². The Labute approximate surface area is 112 Å². The number of nitrogens with one attached hydrogen (secondary N) is 1. The Kier molecular flexibility index (Phi) is 3.71. The van der Waals surface area contributed by atoms with Gasteiger partial charge in [-0.05, 0) is 47.4 Å². The van der Waals surface area contributed by atoms with Crippen LogP contribution in [-0.4, -0.2) is 26.5 Å². The third kappa shape index (κ3) is 2.19. The highest BCUT2D eigenvalue weighted by Crippen LogP contribution is 2.21. The molecule has 2 rings (SSSR count). The van der Waals surface area contributed by atoms with Crippen LogP contribution in [0.25, 0.3) is 11.2 Å². The molecule has 1 atom stereocenters. The van der Waals surface area contributed by atoms with E-state index in [1.54, 1.807) is 6.20 Å². The van der Waals surface area contributed by atoms with Crippen LogP contribution in [0.1, 0.15) is 13.0 Å². The summed E-state index contributed by atoms with van der Waals surface area (Å²) in [6.45, 7) is 2.16. The van der Waals surface area contributed by atoms with Gasteiger partial charge >= 0.3 is 0 Å². The highest BCUT2D eigenvalue weighted by Gasteiger charge is 2.11. The molecule has 16 heavy (non-hydrogen) atoms. The molecule has 2 heterocycles. The lowest BCUT2D eigenvalue weighted by Gasteiger charge is -2.12. The maximum absolute atomic E-state index is 5.33. The fourth-order valence-electron chi connectivity index (χ4n) is 1.71. The maximum Gasteiger partial charge on any atom is 0.179 e. The third-order valence-corrected chi connectivity index (χ3v) is 3.92. The SMILES string of the molecule is CSCC(C)n1c(=S)[nH]c2cc(Br)cnc21. The van der Waals surface area contributed by atoms with E-state index in [1.165, 1.54) is 0 Å². The van der Waals surface area contributed by atoms with E-state index < -0.39 is 0 Å². The summed E-state index contributed by atoms with van der Waals surface area (Å²) in [4.78, 5) is 7.60. The summed E-state index contributed by atoms with van der Waals surface area (Å²) in [6, 6.07) is 2.35. The summed E-state index contributed by atoms with van der Waals surface area (Å²) in [5.41, 5.74) is 1.90. The molecule has 2 aromatic rings. The van der Waals surface area contributed by atoms with Crippen molar-refractivity contribution in [2.24, 2.45) is 0 Å². The molecule has 3 nitrogen and oxygen atoms in total. The molecule has 0 radical (unpaired) electrons. The van der Waals surface area contributed by atoms with Crippen molar-refractivity contribution in [3.63, 3.8) is 0 Å². The summed E-state index contributed by atoms with van der Waals surface area (Å²) in [5.74, 6) is 1.03. The molecular weight excluding hydrogens is 306 g/mol. The average Bonchev–Trinajstić information content (AvgIpc) is 2.53. The van der Waals surface area contributed by atoms with E-state index in [-0.39, 0.29) is 0 Å². The number of hydrogen-bond donors (Lipinski definition) is 1. The van der Waals surface area contributed by atoms with Gasteiger partial charge in [-0.3, -0.25) is 4.57 Å². The second-order valence-corrected chi connectivity index (χ2v) is 5.84. The molecule has 1 unspecified atom stereocenters. The lowest BCUT2D eigenvalue weighted by atomic mass is 10.4. The second kappa shape index (κ2) is 4.89. The van der Waals surface area contributed by atoms with Gasteiger partial charge in [-0.25, -0.2) is 4.98 Å². The minimum absolute atomic E-state index is 0.352. The number of hydrogen-bond acceptors (Lipinski definition) is 3. The predicted molar refractivity (Wildman–Crippen MR) is 75.7 cm³/mol. The molecule has 0 aliphatic heterocycles. The number of nitrogens with zero attached hydrogens (tertiary/aromatic N) is 2. The molecule has 0 spiro atoms. The Morgan fingerprint density at radius 2 is 2.44 bits per heavy atom. The lowest BCUT2D eigenvalue weighted by molar-refractivity contribution is 0.615. The van der Waals surface area contributed by atoms with Crippen molar-refractivity contribution in [3.8, 4) is 0 Å². The molecule has 1 N–H and O–H groups in total. The number of halogens is 1. The number of fused-ring (bicyclic) bond motifs is 1. The van der Waals surface area contributed by atoms with Crippen molar-refractivity contribution in [2.45, 2.75) is 13.0 Å². The summed E-state index contributed by atoms with van der Waals surface area (Å²) < 4.78 is 3.77. The van der Waals surface area contributed by atoms with E-state index in [9.17, 15) is 0 Å². The first-order valence-electron chi connectivity index (χ1n) is 4.88. The quantitative estimate of drug-likeness (QED) is 0.875. The third-order valence-electron chi connectivity index (χ3n) is 2.37. The Bertz CT molecular complexity index is 561. The van der Waals surface area contributed by atoms with E-state index in [0.717, 1.165) is 26.2 Å². The highest BCUT2D eigenvalue weighted by atomic mass is 79.9. The first-order valence-corrected chi connectivity index (χ1v) is 7.47. The fourth-order valence-corrected chi connectivity index (χ4v) is 3.05. The van der Waals surface area contributed by atoms with Crippen molar-refractivity contribution in [1.82, 2.24) is 14.5 Å². The molecular formula is C10H12BrN3S2. The molecule has 0 aliphatic carbocycles. The fraction of sp³-hybridized carbons (Fsp3) is 0.400. The summed E-state index contributed by atoms with van der Waals surface area (Å²) in [6.07, 6.45) is 3.90.